The van der Waals surface area contributed by atoms with Gasteiger partial charge in [-0.2, -0.15) is 11.8 Å². The van der Waals surface area contributed by atoms with E-state index in [1.807, 2.05) is 17.8 Å². The van der Waals surface area contributed by atoms with Crippen molar-refractivity contribution in [3.63, 3.8) is 0 Å². The van der Waals surface area contributed by atoms with Gasteiger partial charge in [0, 0.05) is 20.8 Å². The SMILES string of the molecule is CSC1(CNC(=O)c2cc(Cl)ccc2Br)CCCCC1. The summed E-state index contributed by atoms with van der Waals surface area (Å²) in [6.07, 6.45) is 8.36. The van der Waals surface area contributed by atoms with Crippen molar-refractivity contribution < 1.29 is 4.79 Å². The summed E-state index contributed by atoms with van der Waals surface area (Å²) in [5.74, 6) is -0.0571. The van der Waals surface area contributed by atoms with Crippen molar-refractivity contribution in [1.29, 1.82) is 0 Å². The lowest BCUT2D eigenvalue weighted by Gasteiger charge is -2.35. The summed E-state index contributed by atoms with van der Waals surface area (Å²) in [7, 11) is 0. The number of halogens is 2. The summed E-state index contributed by atoms with van der Waals surface area (Å²) < 4.78 is 0.986. The highest BCUT2D eigenvalue weighted by molar-refractivity contribution is 9.10. The smallest absolute Gasteiger partial charge is 0.252 e. The number of hydrogen-bond acceptors (Lipinski definition) is 2. The second-order valence-corrected chi connectivity index (χ2v) is 7.82. The van der Waals surface area contributed by atoms with E-state index in [-0.39, 0.29) is 10.7 Å². The van der Waals surface area contributed by atoms with Crippen LogP contribution in [0.4, 0.5) is 0 Å². The molecule has 0 saturated heterocycles. The fourth-order valence-corrected chi connectivity index (χ4v) is 4.17. The topological polar surface area (TPSA) is 29.1 Å². The van der Waals surface area contributed by atoms with Crippen LogP contribution in [-0.4, -0.2) is 23.5 Å². The summed E-state index contributed by atoms with van der Waals surface area (Å²) in [5, 5.41) is 3.66. The molecule has 0 heterocycles. The molecule has 2 rings (SSSR count). The summed E-state index contributed by atoms with van der Waals surface area (Å²) in [4.78, 5) is 12.3. The van der Waals surface area contributed by atoms with Gasteiger partial charge in [-0.3, -0.25) is 4.79 Å². The van der Waals surface area contributed by atoms with E-state index in [9.17, 15) is 4.79 Å². The number of hydrogen-bond donors (Lipinski definition) is 1. The van der Waals surface area contributed by atoms with Gasteiger partial charge >= 0.3 is 0 Å². The van der Waals surface area contributed by atoms with E-state index in [0.29, 0.717) is 10.6 Å². The third kappa shape index (κ3) is 3.92. The van der Waals surface area contributed by atoms with Crippen molar-refractivity contribution in [2.24, 2.45) is 0 Å². The van der Waals surface area contributed by atoms with Crippen molar-refractivity contribution in [3.8, 4) is 0 Å². The zero-order chi connectivity index (χ0) is 14.6. The number of rotatable bonds is 4. The van der Waals surface area contributed by atoms with Crippen molar-refractivity contribution >= 4 is 45.2 Å². The normalized spacial score (nSPS) is 17.8. The molecule has 0 aliphatic heterocycles. The standard InChI is InChI=1S/C15H19BrClNOS/c1-20-15(7-3-2-4-8-15)10-18-14(19)12-9-11(17)5-6-13(12)16/h5-6,9H,2-4,7-8,10H2,1H3,(H,18,19). The maximum Gasteiger partial charge on any atom is 0.252 e. The Balaban J connectivity index is 2.02. The maximum absolute atomic E-state index is 12.3. The minimum absolute atomic E-state index is 0.0571. The Morgan fingerprint density at radius 1 is 1.40 bits per heavy atom. The van der Waals surface area contributed by atoms with Gasteiger partial charge in [0.2, 0.25) is 0 Å². The molecule has 1 amide bonds. The Kier molecular flexibility index (Phi) is 5.82. The van der Waals surface area contributed by atoms with Crippen molar-refractivity contribution in [1.82, 2.24) is 5.32 Å². The molecule has 2 nitrogen and oxygen atoms in total. The van der Waals surface area contributed by atoms with Crippen LogP contribution in [0.25, 0.3) is 0 Å². The largest absolute Gasteiger partial charge is 0.351 e. The van der Waals surface area contributed by atoms with Gasteiger partial charge in [0.15, 0.2) is 0 Å². The van der Waals surface area contributed by atoms with Crippen LogP contribution >= 0.6 is 39.3 Å². The van der Waals surface area contributed by atoms with Gasteiger partial charge in [-0.25, -0.2) is 0 Å². The molecule has 1 aromatic rings. The Morgan fingerprint density at radius 3 is 2.75 bits per heavy atom. The first-order chi connectivity index (χ1) is 9.56. The Labute approximate surface area is 138 Å². The van der Waals surface area contributed by atoms with Crippen LogP contribution in [0.1, 0.15) is 42.5 Å². The zero-order valence-corrected chi connectivity index (χ0v) is 14.7. The van der Waals surface area contributed by atoms with E-state index in [4.69, 9.17) is 11.6 Å². The van der Waals surface area contributed by atoms with Crippen LogP contribution in [-0.2, 0) is 0 Å². The number of amides is 1. The predicted molar refractivity (Wildman–Crippen MR) is 90.8 cm³/mol. The van der Waals surface area contributed by atoms with Gasteiger partial charge in [-0.1, -0.05) is 30.9 Å². The summed E-state index contributed by atoms with van der Waals surface area (Å²) in [6, 6.07) is 5.28. The molecule has 1 aliphatic rings. The van der Waals surface area contributed by atoms with Gasteiger partial charge in [-0.15, -0.1) is 0 Å². The number of benzene rings is 1. The first kappa shape index (κ1) is 16.2. The van der Waals surface area contributed by atoms with E-state index < -0.39 is 0 Å². The summed E-state index contributed by atoms with van der Waals surface area (Å²) in [6.45, 7) is 0.728. The molecule has 20 heavy (non-hydrogen) atoms. The summed E-state index contributed by atoms with van der Waals surface area (Å²) in [5.41, 5.74) is 0.601. The Bertz CT molecular complexity index is 489. The third-order valence-corrected chi connectivity index (χ3v) is 6.29. The average Bonchev–Trinajstić information content (AvgIpc) is 2.48. The second kappa shape index (κ2) is 7.19. The lowest BCUT2D eigenvalue weighted by atomic mass is 9.88. The van der Waals surface area contributed by atoms with E-state index in [0.717, 1.165) is 11.0 Å². The Hall–Kier alpha value is -0.190. The van der Waals surface area contributed by atoms with Gasteiger partial charge < -0.3 is 5.32 Å². The molecule has 1 aliphatic carbocycles. The Morgan fingerprint density at radius 2 is 2.10 bits per heavy atom. The van der Waals surface area contributed by atoms with Crippen LogP contribution in [0.5, 0.6) is 0 Å². The number of thioether (sulfide) groups is 1. The number of carbonyl (C=O) groups excluding carboxylic acids is 1. The van der Waals surface area contributed by atoms with Gasteiger partial charge in [0.25, 0.3) is 5.91 Å². The monoisotopic (exact) mass is 375 g/mol. The van der Waals surface area contributed by atoms with Crippen molar-refractivity contribution in [2.45, 2.75) is 36.9 Å². The molecule has 110 valence electrons. The summed E-state index contributed by atoms with van der Waals surface area (Å²) >= 11 is 11.2. The van der Waals surface area contributed by atoms with E-state index in [1.54, 1.807) is 12.1 Å². The molecule has 0 atom stereocenters. The molecule has 1 N–H and O–H groups in total. The molecule has 1 fully saturated rings. The first-order valence-corrected chi connectivity index (χ1v) is 9.24. The van der Waals surface area contributed by atoms with Crippen LogP contribution in [0, 0.1) is 0 Å². The molecule has 1 saturated carbocycles. The molecule has 0 radical (unpaired) electrons. The fourth-order valence-electron chi connectivity index (χ4n) is 2.66. The number of carbonyl (C=O) groups is 1. The molecule has 0 aromatic heterocycles. The van der Waals surface area contributed by atoms with Crippen LogP contribution in [0.2, 0.25) is 5.02 Å². The highest BCUT2D eigenvalue weighted by Gasteiger charge is 2.31. The van der Waals surface area contributed by atoms with E-state index in [2.05, 4.69) is 27.5 Å². The number of nitrogens with one attached hydrogen (secondary N) is 1. The fraction of sp³-hybridized carbons (Fsp3) is 0.533. The maximum atomic E-state index is 12.3. The van der Waals surface area contributed by atoms with Gasteiger partial charge in [-0.05, 0) is 53.2 Å². The highest BCUT2D eigenvalue weighted by Crippen LogP contribution is 2.38. The average molecular weight is 377 g/mol. The molecule has 0 bridgehead atoms. The molecule has 1 aromatic carbocycles. The molecule has 5 heteroatoms. The zero-order valence-electron chi connectivity index (χ0n) is 11.5. The van der Waals surface area contributed by atoms with Crippen LogP contribution < -0.4 is 5.32 Å². The quantitative estimate of drug-likeness (QED) is 0.810. The molecule has 0 unspecified atom stereocenters. The van der Waals surface area contributed by atoms with Gasteiger partial charge in [0.05, 0.1) is 5.56 Å². The van der Waals surface area contributed by atoms with Crippen LogP contribution in [0.3, 0.4) is 0 Å². The molecule has 0 spiro atoms. The second-order valence-electron chi connectivity index (χ2n) is 5.25. The van der Waals surface area contributed by atoms with Crippen molar-refractivity contribution in [3.05, 3.63) is 33.3 Å². The van der Waals surface area contributed by atoms with E-state index in [1.165, 1.54) is 32.1 Å². The molecular weight excluding hydrogens is 358 g/mol. The van der Waals surface area contributed by atoms with Crippen molar-refractivity contribution in [2.75, 3.05) is 12.8 Å². The minimum atomic E-state index is -0.0571. The van der Waals surface area contributed by atoms with E-state index >= 15 is 0 Å². The lowest BCUT2D eigenvalue weighted by molar-refractivity contribution is 0.0946. The predicted octanol–water partition coefficient (Wildman–Crippen LogP) is 4.90. The minimum Gasteiger partial charge on any atom is -0.351 e. The van der Waals surface area contributed by atoms with Gasteiger partial charge in [0.1, 0.15) is 0 Å². The first-order valence-electron chi connectivity index (χ1n) is 6.85. The highest BCUT2D eigenvalue weighted by atomic mass is 79.9. The third-order valence-electron chi connectivity index (χ3n) is 3.94. The molecular formula is C15H19BrClNOS. The lowest BCUT2D eigenvalue weighted by Crippen LogP contribution is -2.41. The van der Waals surface area contributed by atoms with Crippen LogP contribution in [0.15, 0.2) is 22.7 Å².